The second-order valence-corrected chi connectivity index (χ2v) is 5.57. The molecule has 0 aliphatic heterocycles. The van der Waals surface area contributed by atoms with Gasteiger partial charge in [0.25, 0.3) is 5.56 Å². The number of aromatic nitrogens is 2. The SMILES string of the molecule is Cn1cnc2ccc(Oc3c(F)ccc(N)c3Cl)c(Cl)c2c1=O. The average molecular weight is 354 g/mol. The number of hydrogen-bond acceptors (Lipinski definition) is 4. The lowest BCUT2D eigenvalue weighted by atomic mass is 10.2. The molecule has 2 N–H and O–H groups in total. The van der Waals surface area contributed by atoms with E-state index in [1.165, 1.54) is 23.0 Å². The maximum absolute atomic E-state index is 13.9. The number of rotatable bonds is 2. The topological polar surface area (TPSA) is 70.1 Å². The fourth-order valence-corrected chi connectivity index (χ4v) is 2.54. The number of hydrogen-bond donors (Lipinski definition) is 1. The summed E-state index contributed by atoms with van der Waals surface area (Å²) in [6.07, 6.45) is 1.38. The molecule has 0 saturated heterocycles. The first kappa shape index (κ1) is 15.6. The van der Waals surface area contributed by atoms with Crippen molar-refractivity contribution in [1.82, 2.24) is 9.55 Å². The van der Waals surface area contributed by atoms with Crippen LogP contribution in [-0.4, -0.2) is 9.55 Å². The number of benzene rings is 2. The summed E-state index contributed by atoms with van der Waals surface area (Å²) < 4.78 is 20.7. The molecule has 1 aromatic heterocycles. The van der Waals surface area contributed by atoms with Crippen LogP contribution in [0.5, 0.6) is 11.5 Å². The zero-order valence-electron chi connectivity index (χ0n) is 11.8. The molecule has 3 aromatic rings. The highest BCUT2D eigenvalue weighted by Gasteiger charge is 2.17. The Balaban J connectivity index is 2.19. The summed E-state index contributed by atoms with van der Waals surface area (Å²) in [5.41, 5.74) is 5.87. The minimum absolute atomic E-state index is 0.0223. The lowest BCUT2D eigenvalue weighted by molar-refractivity contribution is 0.443. The average Bonchev–Trinajstić information content (AvgIpc) is 2.53. The van der Waals surface area contributed by atoms with Gasteiger partial charge in [0, 0.05) is 7.05 Å². The highest BCUT2D eigenvalue weighted by molar-refractivity contribution is 6.37. The van der Waals surface area contributed by atoms with E-state index in [-0.39, 0.29) is 38.2 Å². The number of nitrogens with zero attached hydrogens (tertiary/aromatic N) is 2. The summed E-state index contributed by atoms with van der Waals surface area (Å²) in [5.74, 6) is -0.872. The van der Waals surface area contributed by atoms with Crippen molar-refractivity contribution in [1.29, 1.82) is 0 Å². The van der Waals surface area contributed by atoms with Gasteiger partial charge in [0.05, 0.1) is 27.9 Å². The van der Waals surface area contributed by atoms with Gasteiger partial charge < -0.3 is 15.0 Å². The Kier molecular flexibility index (Phi) is 3.87. The first-order valence-electron chi connectivity index (χ1n) is 6.45. The lowest BCUT2D eigenvalue weighted by Crippen LogP contribution is -2.17. The number of fused-ring (bicyclic) bond motifs is 1. The summed E-state index contributed by atoms with van der Waals surface area (Å²) in [4.78, 5) is 16.3. The third-order valence-corrected chi connectivity index (χ3v) is 4.04. The highest BCUT2D eigenvalue weighted by atomic mass is 35.5. The monoisotopic (exact) mass is 353 g/mol. The van der Waals surface area contributed by atoms with Crippen LogP contribution >= 0.6 is 23.2 Å². The van der Waals surface area contributed by atoms with Crippen LogP contribution in [0, 0.1) is 5.82 Å². The second kappa shape index (κ2) is 5.72. The molecule has 8 heteroatoms. The molecule has 3 rings (SSSR count). The molecule has 2 aromatic carbocycles. The smallest absolute Gasteiger partial charge is 0.262 e. The van der Waals surface area contributed by atoms with Gasteiger partial charge in [-0.3, -0.25) is 4.79 Å². The fourth-order valence-electron chi connectivity index (χ4n) is 2.07. The van der Waals surface area contributed by atoms with E-state index in [2.05, 4.69) is 4.98 Å². The van der Waals surface area contributed by atoms with Gasteiger partial charge in [0.1, 0.15) is 10.8 Å². The third kappa shape index (κ3) is 2.60. The van der Waals surface area contributed by atoms with Crippen molar-refractivity contribution in [2.45, 2.75) is 0 Å². The van der Waals surface area contributed by atoms with E-state index in [0.717, 1.165) is 6.07 Å². The van der Waals surface area contributed by atoms with Crippen LogP contribution in [0.15, 0.2) is 35.4 Å². The minimum atomic E-state index is -0.695. The maximum atomic E-state index is 13.9. The summed E-state index contributed by atoms with van der Waals surface area (Å²) in [5, 5.41) is 0.129. The molecule has 0 aliphatic rings. The molecule has 0 saturated carbocycles. The van der Waals surface area contributed by atoms with Gasteiger partial charge in [0.15, 0.2) is 11.6 Å². The van der Waals surface area contributed by atoms with Crippen molar-refractivity contribution >= 4 is 39.8 Å². The van der Waals surface area contributed by atoms with E-state index in [1.807, 2.05) is 0 Å². The van der Waals surface area contributed by atoms with Gasteiger partial charge in [-0.1, -0.05) is 23.2 Å². The number of anilines is 1. The second-order valence-electron chi connectivity index (χ2n) is 4.81. The van der Waals surface area contributed by atoms with Crippen LogP contribution in [0.4, 0.5) is 10.1 Å². The van der Waals surface area contributed by atoms with Crippen molar-refractivity contribution in [3.05, 3.63) is 56.8 Å². The zero-order valence-corrected chi connectivity index (χ0v) is 13.3. The van der Waals surface area contributed by atoms with E-state index >= 15 is 0 Å². The number of aryl methyl sites for hydroxylation is 1. The number of ether oxygens (including phenoxy) is 1. The van der Waals surface area contributed by atoms with Crippen molar-refractivity contribution in [3.8, 4) is 11.5 Å². The van der Waals surface area contributed by atoms with Gasteiger partial charge >= 0.3 is 0 Å². The van der Waals surface area contributed by atoms with Crippen LogP contribution in [0.25, 0.3) is 10.9 Å². The number of nitrogens with two attached hydrogens (primary N) is 1. The van der Waals surface area contributed by atoms with Gasteiger partial charge in [0.2, 0.25) is 0 Å². The zero-order chi connectivity index (χ0) is 16.7. The van der Waals surface area contributed by atoms with E-state index in [4.69, 9.17) is 33.7 Å². The Morgan fingerprint density at radius 3 is 2.70 bits per heavy atom. The van der Waals surface area contributed by atoms with Crippen LogP contribution in [0.2, 0.25) is 10.0 Å². The summed E-state index contributed by atoms with van der Waals surface area (Å²) in [6, 6.07) is 5.49. The van der Waals surface area contributed by atoms with Crippen LogP contribution in [0.3, 0.4) is 0 Å². The lowest BCUT2D eigenvalue weighted by Gasteiger charge is -2.12. The molecule has 0 amide bonds. The summed E-state index contributed by atoms with van der Waals surface area (Å²) >= 11 is 12.2. The highest BCUT2D eigenvalue weighted by Crippen LogP contribution is 2.39. The standard InChI is InChI=1S/C15H10Cl2FN3O2/c1-21-6-20-9-4-5-10(13(17)11(9)15(21)22)23-14-7(18)2-3-8(19)12(14)16/h2-6H,19H2,1H3. The molecule has 0 atom stereocenters. The van der Waals surface area contributed by atoms with Crippen molar-refractivity contribution < 1.29 is 9.13 Å². The molecule has 0 aliphatic carbocycles. The maximum Gasteiger partial charge on any atom is 0.262 e. The van der Waals surface area contributed by atoms with Crippen LogP contribution < -0.4 is 16.0 Å². The largest absolute Gasteiger partial charge is 0.451 e. The fraction of sp³-hybridized carbons (Fsp3) is 0.0667. The molecule has 0 bridgehead atoms. The molecule has 23 heavy (non-hydrogen) atoms. The Labute approximate surface area is 140 Å². The van der Waals surface area contributed by atoms with E-state index < -0.39 is 5.82 Å². The Morgan fingerprint density at radius 1 is 1.22 bits per heavy atom. The molecular weight excluding hydrogens is 344 g/mol. The minimum Gasteiger partial charge on any atom is -0.451 e. The van der Waals surface area contributed by atoms with Crippen LogP contribution in [-0.2, 0) is 7.05 Å². The Bertz CT molecular complexity index is 989. The van der Waals surface area contributed by atoms with Crippen LogP contribution in [0.1, 0.15) is 0 Å². The normalized spacial score (nSPS) is 11.0. The third-order valence-electron chi connectivity index (χ3n) is 3.28. The molecule has 5 nitrogen and oxygen atoms in total. The summed E-state index contributed by atoms with van der Waals surface area (Å²) in [6.45, 7) is 0. The summed E-state index contributed by atoms with van der Waals surface area (Å²) in [7, 11) is 1.55. The number of nitrogen functional groups attached to an aromatic ring is 1. The number of halogens is 3. The van der Waals surface area contributed by atoms with E-state index in [0.29, 0.717) is 5.52 Å². The molecular formula is C15H10Cl2FN3O2. The molecule has 0 radical (unpaired) electrons. The molecule has 118 valence electrons. The Hall–Kier alpha value is -2.31. The quantitative estimate of drug-likeness (QED) is 0.712. The van der Waals surface area contributed by atoms with Crippen molar-refractivity contribution in [2.75, 3.05) is 5.73 Å². The predicted octanol–water partition coefficient (Wildman–Crippen LogP) is 3.75. The predicted molar refractivity (Wildman–Crippen MR) is 87.9 cm³/mol. The first-order valence-corrected chi connectivity index (χ1v) is 7.21. The first-order chi connectivity index (χ1) is 10.9. The van der Waals surface area contributed by atoms with Gasteiger partial charge in [-0.25, -0.2) is 9.37 Å². The van der Waals surface area contributed by atoms with Gasteiger partial charge in [-0.2, -0.15) is 0 Å². The van der Waals surface area contributed by atoms with Gasteiger partial charge in [-0.15, -0.1) is 0 Å². The molecule has 0 fully saturated rings. The van der Waals surface area contributed by atoms with E-state index in [1.54, 1.807) is 13.1 Å². The van der Waals surface area contributed by atoms with Gasteiger partial charge in [-0.05, 0) is 24.3 Å². The molecule has 0 unspecified atom stereocenters. The Morgan fingerprint density at radius 2 is 1.96 bits per heavy atom. The molecule has 0 spiro atoms. The van der Waals surface area contributed by atoms with Crippen molar-refractivity contribution in [3.63, 3.8) is 0 Å². The van der Waals surface area contributed by atoms with Crippen molar-refractivity contribution in [2.24, 2.45) is 7.05 Å². The van der Waals surface area contributed by atoms with E-state index in [9.17, 15) is 9.18 Å². The molecule has 1 heterocycles.